The fraction of sp³-hybridized carbons (Fsp3) is 0.263. The molecule has 25 heavy (non-hydrogen) atoms. The SMILES string of the molecule is Cc1ccc(N(CN2CCCC2=O)C(=O)c2cccc(Cl)c2)cc1Cl. The molecule has 0 spiro atoms. The first-order chi connectivity index (χ1) is 12.0. The van der Waals surface area contributed by atoms with Gasteiger partial charge >= 0.3 is 0 Å². The van der Waals surface area contributed by atoms with Gasteiger partial charge in [-0.25, -0.2) is 0 Å². The van der Waals surface area contributed by atoms with E-state index in [1.807, 2.05) is 19.1 Å². The van der Waals surface area contributed by atoms with Gasteiger partial charge in [-0.1, -0.05) is 35.3 Å². The van der Waals surface area contributed by atoms with Gasteiger partial charge in [-0.3, -0.25) is 14.5 Å². The normalized spacial score (nSPS) is 14.0. The van der Waals surface area contributed by atoms with E-state index < -0.39 is 0 Å². The molecule has 1 saturated heterocycles. The molecule has 2 aromatic carbocycles. The maximum Gasteiger partial charge on any atom is 0.259 e. The van der Waals surface area contributed by atoms with Crippen LogP contribution in [0.1, 0.15) is 28.8 Å². The van der Waals surface area contributed by atoms with Crippen LogP contribution in [-0.2, 0) is 4.79 Å². The zero-order chi connectivity index (χ0) is 18.0. The molecule has 2 aromatic rings. The summed E-state index contributed by atoms with van der Waals surface area (Å²) < 4.78 is 0. The second-order valence-corrected chi connectivity index (χ2v) is 6.92. The van der Waals surface area contributed by atoms with Crippen molar-refractivity contribution >= 4 is 40.7 Å². The highest BCUT2D eigenvalue weighted by Gasteiger charge is 2.26. The first-order valence-electron chi connectivity index (χ1n) is 8.07. The quantitative estimate of drug-likeness (QED) is 0.786. The molecule has 0 bridgehead atoms. The number of hydrogen-bond acceptors (Lipinski definition) is 2. The number of hydrogen-bond donors (Lipinski definition) is 0. The second-order valence-electron chi connectivity index (χ2n) is 6.08. The molecule has 0 aliphatic carbocycles. The van der Waals surface area contributed by atoms with Gasteiger partial charge in [0, 0.05) is 34.3 Å². The van der Waals surface area contributed by atoms with E-state index >= 15 is 0 Å². The van der Waals surface area contributed by atoms with Gasteiger partial charge in [0.1, 0.15) is 6.67 Å². The van der Waals surface area contributed by atoms with E-state index in [-0.39, 0.29) is 18.5 Å². The highest BCUT2D eigenvalue weighted by atomic mass is 35.5. The van der Waals surface area contributed by atoms with Crippen molar-refractivity contribution in [2.45, 2.75) is 19.8 Å². The van der Waals surface area contributed by atoms with E-state index in [0.29, 0.717) is 34.3 Å². The summed E-state index contributed by atoms with van der Waals surface area (Å²) in [7, 11) is 0. The van der Waals surface area contributed by atoms with Gasteiger partial charge in [0.15, 0.2) is 0 Å². The predicted molar refractivity (Wildman–Crippen MR) is 100 cm³/mol. The first kappa shape index (κ1) is 17.8. The van der Waals surface area contributed by atoms with Crippen LogP contribution in [0.15, 0.2) is 42.5 Å². The number of halogens is 2. The molecule has 1 heterocycles. The summed E-state index contributed by atoms with van der Waals surface area (Å²) in [4.78, 5) is 28.4. The van der Waals surface area contributed by atoms with Crippen LogP contribution in [0.25, 0.3) is 0 Å². The van der Waals surface area contributed by atoms with Gasteiger partial charge in [-0.2, -0.15) is 0 Å². The van der Waals surface area contributed by atoms with E-state index in [1.165, 1.54) is 0 Å². The van der Waals surface area contributed by atoms with Crippen LogP contribution in [0.5, 0.6) is 0 Å². The van der Waals surface area contributed by atoms with E-state index in [4.69, 9.17) is 23.2 Å². The van der Waals surface area contributed by atoms with Gasteiger partial charge in [0.2, 0.25) is 5.91 Å². The topological polar surface area (TPSA) is 40.6 Å². The van der Waals surface area contributed by atoms with E-state index in [2.05, 4.69) is 0 Å². The molecule has 6 heteroatoms. The lowest BCUT2D eigenvalue weighted by atomic mass is 10.1. The van der Waals surface area contributed by atoms with E-state index in [1.54, 1.807) is 40.1 Å². The lowest BCUT2D eigenvalue weighted by molar-refractivity contribution is -0.127. The second kappa shape index (κ2) is 7.46. The van der Waals surface area contributed by atoms with E-state index in [0.717, 1.165) is 12.0 Å². The monoisotopic (exact) mass is 376 g/mol. The Morgan fingerprint density at radius 3 is 2.64 bits per heavy atom. The molecule has 0 aromatic heterocycles. The lowest BCUT2D eigenvalue weighted by Crippen LogP contribution is -2.42. The third-order valence-corrected chi connectivity index (χ3v) is 4.91. The largest absolute Gasteiger partial charge is 0.324 e. The zero-order valence-electron chi connectivity index (χ0n) is 13.8. The van der Waals surface area contributed by atoms with Crippen LogP contribution < -0.4 is 4.90 Å². The van der Waals surface area contributed by atoms with Gasteiger partial charge < -0.3 is 4.90 Å². The van der Waals surface area contributed by atoms with Crippen molar-refractivity contribution < 1.29 is 9.59 Å². The average molecular weight is 377 g/mol. The first-order valence-corrected chi connectivity index (χ1v) is 8.82. The maximum absolute atomic E-state index is 13.1. The Kier molecular flexibility index (Phi) is 5.30. The number of nitrogens with zero attached hydrogens (tertiary/aromatic N) is 2. The van der Waals surface area contributed by atoms with Crippen molar-refractivity contribution in [2.75, 3.05) is 18.1 Å². The van der Waals surface area contributed by atoms with Crippen molar-refractivity contribution in [3.63, 3.8) is 0 Å². The summed E-state index contributed by atoms with van der Waals surface area (Å²) >= 11 is 12.3. The highest BCUT2D eigenvalue weighted by Crippen LogP contribution is 2.26. The molecule has 3 rings (SSSR count). The minimum absolute atomic E-state index is 0.0575. The zero-order valence-corrected chi connectivity index (χ0v) is 15.3. The predicted octanol–water partition coefficient (Wildman–Crippen LogP) is 4.53. The van der Waals surface area contributed by atoms with Crippen LogP contribution >= 0.6 is 23.2 Å². The summed E-state index contributed by atoms with van der Waals surface area (Å²) in [5.74, 6) is -0.163. The summed E-state index contributed by atoms with van der Waals surface area (Å²) in [6.07, 6.45) is 1.33. The van der Waals surface area contributed by atoms with E-state index in [9.17, 15) is 9.59 Å². The third kappa shape index (κ3) is 3.97. The van der Waals surface area contributed by atoms with Gasteiger partial charge in [-0.15, -0.1) is 0 Å². The maximum atomic E-state index is 13.1. The molecule has 1 aliphatic heterocycles. The van der Waals surface area contributed by atoms with Crippen molar-refractivity contribution in [3.05, 3.63) is 63.6 Å². The molecule has 0 saturated carbocycles. The summed E-state index contributed by atoms with van der Waals surface area (Å²) in [5, 5.41) is 1.07. The standard InChI is InChI=1S/C19H18Cl2N2O2/c1-13-7-8-16(11-17(13)21)23(12-22-9-3-6-18(22)24)19(25)14-4-2-5-15(20)10-14/h2,4-5,7-8,10-11H,3,6,9,12H2,1H3. The number of carbonyl (C=O) groups excluding carboxylic acids is 2. The third-order valence-electron chi connectivity index (χ3n) is 4.27. The molecule has 0 unspecified atom stereocenters. The number of aryl methyl sites for hydroxylation is 1. The van der Waals surface area contributed by atoms with Crippen LogP contribution in [0.4, 0.5) is 5.69 Å². The fourth-order valence-electron chi connectivity index (χ4n) is 2.81. The Morgan fingerprint density at radius 1 is 1.20 bits per heavy atom. The minimum Gasteiger partial charge on any atom is -0.324 e. The Labute approximate surface area is 156 Å². The Hall–Kier alpha value is -2.04. The minimum atomic E-state index is -0.220. The Morgan fingerprint density at radius 2 is 2.00 bits per heavy atom. The average Bonchev–Trinajstić information content (AvgIpc) is 2.99. The molecule has 1 fully saturated rings. The van der Waals surface area contributed by atoms with Gasteiger partial charge in [0.05, 0.1) is 0 Å². The van der Waals surface area contributed by atoms with Crippen LogP contribution in [0, 0.1) is 6.92 Å². The molecule has 0 radical (unpaired) electrons. The number of likely N-dealkylation sites (tertiary alicyclic amines) is 1. The fourth-order valence-corrected chi connectivity index (χ4v) is 3.18. The molecule has 0 atom stereocenters. The number of amides is 2. The molecular formula is C19H18Cl2N2O2. The molecular weight excluding hydrogens is 359 g/mol. The summed E-state index contributed by atoms with van der Waals surface area (Å²) in [5.41, 5.74) is 2.05. The van der Waals surface area contributed by atoms with Crippen molar-refractivity contribution in [1.82, 2.24) is 4.90 Å². The summed E-state index contributed by atoms with van der Waals surface area (Å²) in [6, 6.07) is 12.2. The molecule has 2 amide bonds. The molecule has 130 valence electrons. The lowest BCUT2D eigenvalue weighted by Gasteiger charge is -2.28. The Balaban J connectivity index is 1.96. The smallest absolute Gasteiger partial charge is 0.259 e. The Bertz CT molecular complexity index is 823. The number of rotatable bonds is 4. The van der Waals surface area contributed by atoms with Gasteiger partial charge in [0.25, 0.3) is 5.91 Å². The van der Waals surface area contributed by atoms with Crippen LogP contribution in [0.2, 0.25) is 10.0 Å². The molecule has 4 nitrogen and oxygen atoms in total. The summed E-state index contributed by atoms with van der Waals surface area (Å²) in [6.45, 7) is 2.75. The van der Waals surface area contributed by atoms with Crippen molar-refractivity contribution in [3.8, 4) is 0 Å². The molecule has 1 aliphatic rings. The van der Waals surface area contributed by atoms with Crippen LogP contribution in [-0.4, -0.2) is 29.9 Å². The highest BCUT2D eigenvalue weighted by molar-refractivity contribution is 6.32. The number of anilines is 1. The number of carbonyl (C=O) groups is 2. The van der Waals surface area contributed by atoms with Crippen molar-refractivity contribution in [1.29, 1.82) is 0 Å². The van der Waals surface area contributed by atoms with Gasteiger partial charge in [-0.05, 0) is 49.2 Å². The molecule has 0 N–H and O–H groups in total. The number of benzene rings is 2. The van der Waals surface area contributed by atoms with Crippen molar-refractivity contribution in [2.24, 2.45) is 0 Å². The van der Waals surface area contributed by atoms with Crippen LogP contribution in [0.3, 0.4) is 0 Å².